The van der Waals surface area contributed by atoms with Crippen LogP contribution in [0.1, 0.15) is 11.1 Å². The van der Waals surface area contributed by atoms with Crippen molar-refractivity contribution < 1.29 is 10.0 Å². The van der Waals surface area contributed by atoms with E-state index in [9.17, 15) is 15.2 Å². The molecule has 0 aliphatic heterocycles. The molecular formula is C18H16N2O3. The number of para-hydroxylation sites is 1. The predicted octanol–water partition coefficient (Wildman–Crippen LogP) is 3.71. The normalized spacial score (nSPS) is 11.3. The molecular weight excluding hydrogens is 292 g/mol. The summed E-state index contributed by atoms with van der Waals surface area (Å²) in [4.78, 5) is 10.3. The maximum absolute atomic E-state index is 10.7. The number of rotatable bonds is 5. The summed E-state index contributed by atoms with van der Waals surface area (Å²) in [6, 6.07) is 14.5. The molecule has 0 saturated carbocycles. The summed E-state index contributed by atoms with van der Waals surface area (Å²) in [5.41, 5.74) is 3.11. The van der Waals surface area contributed by atoms with Gasteiger partial charge in [-0.2, -0.15) is 0 Å². The van der Waals surface area contributed by atoms with Gasteiger partial charge in [-0.3, -0.25) is 10.1 Å². The first-order valence-corrected chi connectivity index (χ1v) is 7.30. The number of nitro groups is 1. The quantitative estimate of drug-likeness (QED) is 0.577. The van der Waals surface area contributed by atoms with Gasteiger partial charge in [-0.1, -0.05) is 30.4 Å². The Hall–Kier alpha value is -2.92. The molecule has 1 N–H and O–H groups in total. The van der Waals surface area contributed by atoms with E-state index in [0.29, 0.717) is 6.54 Å². The molecule has 0 fully saturated rings. The largest absolute Gasteiger partial charge is 0.395 e. The Morgan fingerprint density at radius 3 is 2.52 bits per heavy atom. The number of hydrogen-bond donors (Lipinski definition) is 1. The molecule has 116 valence electrons. The topological polar surface area (TPSA) is 68.3 Å². The number of benzene rings is 2. The van der Waals surface area contributed by atoms with E-state index in [1.54, 1.807) is 12.1 Å². The number of aliphatic hydroxyl groups excluding tert-OH is 1. The second-order valence-corrected chi connectivity index (χ2v) is 5.20. The molecule has 0 radical (unpaired) electrons. The van der Waals surface area contributed by atoms with Crippen molar-refractivity contribution >= 4 is 28.7 Å². The van der Waals surface area contributed by atoms with Crippen LogP contribution in [0.25, 0.3) is 23.1 Å². The fourth-order valence-electron chi connectivity index (χ4n) is 2.59. The first-order chi connectivity index (χ1) is 11.2. The lowest BCUT2D eigenvalue weighted by Crippen LogP contribution is -1.99. The van der Waals surface area contributed by atoms with Crippen molar-refractivity contribution in [3.8, 4) is 0 Å². The van der Waals surface area contributed by atoms with Gasteiger partial charge in [0.05, 0.1) is 11.5 Å². The van der Waals surface area contributed by atoms with Crippen molar-refractivity contribution in [2.75, 3.05) is 6.61 Å². The molecule has 0 amide bonds. The lowest BCUT2D eigenvalue weighted by Gasteiger charge is -2.00. The molecule has 0 atom stereocenters. The van der Waals surface area contributed by atoms with E-state index in [2.05, 4.69) is 0 Å². The van der Waals surface area contributed by atoms with Gasteiger partial charge in [0.15, 0.2) is 0 Å². The minimum absolute atomic E-state index is 0.0849. The molecule has 1 aromatic heterocycles. The predicted molar refractivity (Wildman–Crippen MR) is 91.0 cm³/mol. The van der Waals surface area contributed by atoms with Gasteiger partial charge in [0, 0.05) is 35.8 Å². The van der Waals surface area contributed by atoms with Crippen LogP contribution in [-0.4, -0.2) is 21.2 Å². The zero-order valence-electron chi connectivity index (χ0n) is 12.4. The molecule has 5 heteroatoms. The van der Waals surface area contributed by atoms with E-state index in [1.807, 2.05) is 47.2 Å². The highest BCUT2D eigenvalue weighted by molar-refractivity contribution is 5.92. The molecule has 23 heavy (non-hydrogen) atoms. The van der Waals surface area contributed by atoms with Gasteiger partial charge in [-0.15, -0.1) is 0 Å². The van der Waals surface area contributed by atoms with Crippen LogP contribution in [0.3, 0.4) is 0 Å². The van der Waals surface area contributed by atoms with Gasteiger partial charge >= 0.3 is 0 Å². The summed E-state index contributed by atoms with van der Waals surface area (Å²) in [5.74, 6) is 0. The smallest absolute Gasteiger partial charge is 0.269 e. The lowest BCUT2D eigenvalue weighted by molar-refractivity contribution is -0.384. The molecule has 0 aliphatic rings. The highest BCUT2D eigenvalue weighted by Gasteiger charge is 2.06. The average molecular weight is 308 g/mol. The summed E-state index contributed by atoms with van der Waals surface area (Å²) in [6.45, 7) is 0.635. The fourth-order valence-corrected chi connectivity index (χ4v) is 2.59. The first-order valence-electron chi connectivity index (χ1n) is 7.30. The zero-order chi connectivity index (χ0) is 16.2. The number of fused-ring (bicyclic) bond motifs is 1. The van der Waals surface area contributed by atoms with Gasteiger partial charge in [0.1, 0.15) is 0 Å². The molecule has 0 saturated heterocycles. The Morgan fingerprint density at radius 2 is 1.83 bits per heavy atom. The minimum Gasteiger partial charge on any atom is -0.395 e. The molecule has 3 rings (SSSR count). The third kappa shape index (κ3) is 3.14. The number of nitrogens with zero attached hydrogens (tertiary/aromatic N) is 2. The summed E-state index contributed by atoms with van der Waals surface area (Å²) in [6.07, 6.45) is 5.91. The number of non-ortho nitro benzene ring substituents is 1. The SMILES string of the molecule is O=[N+]([O-])c1ccc(/C=C\c2cn(CCO)c3ccccc23)cc1. The Labute approximate surface area is 133 Å². The van der Waals surface area contributed by atoms with E-state index >= 15 is 0 Å². The van der Waals surface area contributed by atoms with Gasteiger partial charge < -0.3 is 9.67 Å². The van der Waals surface area contributed by atoms with Gasteiger partial charge in [-0.05, 0) is 29.3 Å². The second kappa shape index (κ2) is 6.46. The van der Waals surface area contributed by atoms with Crippen LogP contribution in [-0.2, 0) is 6.54 Å². The average Bonchev–Trinajstić information content (AvgIpc) is 2.92. The maximum atomic E-state index is 10.7. The minimum atomic E-state index is -0.407. The highest BCUT2D eigenvalue weighted by Crippen LogP contribution is 2.23. The van der Waals surface area contributed by atoms with Crippen LogP contribution < -0.4 is 0 Å². The third-order valence-electron chi connectivity index (χ3n) is 3.72. The maximum Gasteiger partial charge on any atom is 0.269 e. The van der Waals surface area contributed by atoms with E-state index in [0.717, 1.165) is 22.0 Å². The zero-order valence-corrected chi connectivity index (χ0v) is 12.4. The highest BCUT2D eigenvalue weighted by atomic mass is 16.6. The van der Waals surface area contributed by atoms with Crippen molar-refractivity contribution in [3.05, 3.63) is 76.0 Å². The van der Waals surface area contributed by atoms with Crippen LogP contribution in [0.5, 0.6) is 0 Å². The van der Waals surface area contributed by atoms with E-state index < -0.39 is 4.92 Å². The Balaban J connectivity index is 1.93. The number of aliphatic hydroxyl groups is 1. The Kier molecular flexibility index (Phi) is 4.21. The van der Waals surface area contributed by atoms with E-state index in [4.69, 9.17) is 0 Å². The van der Waals surface area contributed by atoms with Gasteiger partial charge in [-0.25, -0.2) is 0 Å². The van der Waals surface area contributed by atoms with Crippen molar-refractivity contribution in [3.63, 3.8) is 0 Å². The number of nitro benzene ring substituents is 1. The third-order valence-corrected chi connectivity index (χ3v) is 3.72. The second-order valence-electron chi connectivity index (χ2n) is 5.20. The Bertz CT molecular complexity index is 864. The molecule has 0 unspecified atom stereocenters. The molecule has 0 bridgehead atoms. The van der Waals surface area contributed by atoms with Crippen LogP contribution in [0.15, 0.2) is 54.7 Å². The van der Waals surface area contributed by atoms with Crippen molar-refractivity contribution in [1.82, 2.24) is 4.57 Å². The summed E-state index contributed by atoms with van der Waals surface area (Å²) in [5, 5.41) is 21.0. The first kappa shape index (κ1) is 15.0. The summed E-state index contributed by atoms with van der Waals surface area (Å²) >= 11 is 0. The van der Waals surface area contributed by atoms with Crippen LogP contribution in [0.2, 0.25) is 0 Å². The molecule has 5 nitrogen and oxygen atoms in total. The summed E-state index contributed by atoms with van der Waals surface area (Å²) < 4.78 is 2.02. The molecule has 1 heterocycles. The van der Waals surface area contributed by atoms with Crippen LogP contribution in [0, 0.1) is 10.1 Å². The standard InChI is InChI=1S/C18H16N2O3/c21-12-11-19-13-15(17-3-1-2-4-18(17)19)8-5-14-6-9-16(10-7-14)20(22)23/h1-10,13,21H,11-12H2/b8-5-. The molecule has 3 aromatic rings. The Morgan fingerprint density at radius 1 is 1.09 bits per heavy atom. The van der Waals surface area contributed by atoms with E-state index in [1.165, 1.54) is 12.1 Å². The van der Waals surface area contributed by atoms with Crippen LogP contribution >= 0.6 is 0 Å². The van der Waals surface area contributed by atoms with Crippen molar-refractivity contribution in [2.45, 2.75) is 6.54 Å². The number of hydrogen-bond acceptors (Lipinski definition) is 3. The molecule has 2 aromatic carbocycles. The monoisotopic (exact) mass is 308 g/mol. The van der Waals surface area contributed by atoms with Crippen molar-refractivity contribution in [2.24, 2.45) is 0 Å². The van der Waals surface area contributed by atoms with Crippen LogP contribution in [0.4, 0.5) is 5.69 Å². The summed E-state index contributed by atoms with van der Waals surface area (Å²) in [7, 11) is 0. The van der Waals surface area contributed by atoms with E-state index in [-0.39, 0.29) is 12.3 Å². The number of aromatic nitrogens is 1. The lowest BCUT2D eigenvalue weighted by atomic mass is 10.1. The molecule has 0 aliphatic carbocycles. The molecule has 0 spiro atoms. The van der Waals surface area contributed by atoms with Crippen molar-refractivity contribution in [1.29, 1.82) is 0 Å². The van der Waals surface area contributed by atoms with Gasteiger partial charge in [0.2, 0.25) is 0 Å². The fraction of sp³-hybridized carbons (Fsp3) is 0.111. The van der Waals surface area contributed by atoms with Gasteiger partial charge in [0.25, 0.3) is 5.69 Å².